The fourth-order valence-electron chi connectivity index (χ4n) is 3.18. The van der Waals surface area contributed by atoms with Crippen molar-refractivity contribution < 1.29 is 23.8 Å². The molecule has 1 N–H and O–H groups in total. The molecule has 3 aromatic rings. The minimum atomic E-state index is -0.310. The summed E-state index contributed by atoms with van der Waals surface area (Å²) in [6.07, 6.45) is 0. The van der Waals surface area contributed by atoms with E-state index in [1.54, 1.807) is 55.6 Å². The van der Waals surface area contributed by atoms with Crippen LogP contribution in [0.1, 0.15) is 31.8 Å². The lowest BCUT2D eigenvalue weighted by molar-refractivity contribution is 0.102. The zero-order chi connectivity index (χ0) is 21.1. The quantitative estimate of drug-likeness (QED) is 0.645. The molecule has 0 saturated heterocycles. The smallest absolute Gasteiger partial charge is 0.255 e. The Morgan fingerprint density at radius 2 is 1.47 bits per heavy atom. The maximum absolute atomic E-state index is 13.2. The molecule has 3 aromatic carbocycles. The summed E-state index contributed by atoms with van der Waals surface area (Å²) in [5, 5.41) is 2.85. The van der Waals surface area contributed by atoms with Gasteiger partial charge in [-0.25, -0.2) is 0 Å². The minimum Gasteiger partial charge on any atom is -0.497 e. The second-order valence-corrected chi connectivity index (χ2v) is 6.92. The zero-order valence-corrected chi connectivity index (χ0v) is 16.7. The summed E-state index contributed by atoms with van der Waals surface area (Å²) >= 11 is 0. The maximum Gasteiger partial charge on any atom is 0.255 e. The second kappa shape index (κ2) is 8.29. The van der Waals surface area contributed by atoms with Crippen LogP contribution < -0.4 is 19.5 Å². The first-order chi connectivity index (χ1) is 14.5. The summed E-state index contributed by atoms with van der Waals surface area (Å²) in [7, 11) is 1.57. The number of fused-ring (bicyclic) bond motifs is 1. The summed E-state index contributed by atoms with van der Waals surface area (Å²) in [5.74, 6) is 1.07. The van der Waals surface area contributed by atoms with Gasteiger partial charge < -0.3 is 19.5 Å². The third kappa shape index (κ3) is 3.98. The molecule has 0 aromatic heterocycles. The Kier molecular flexibility index (Phi) is 5.39. The van der Waals surface area contributed by atoms with E-state index in [9.17, 15) is 9.59 Å². The van der Waals surface area contributed by atoms with Gasteiger partial charge in [0.15, 0.2) is 17.3 Å². The number of aryl methyl sites for hydroxylation is 1. The molecular formula is C24H21NO5. The van der Waals surface area contributed by atoms with Crippen LogP contribution in [0, 0.1) is 6.92 Å². The summed E-state index contributed by atoms with van der Waals surface area (Å²) in [6.45, 7) is 2.76. The fourth-order valence-corrected chi connectivity index (χ4v) is 3.18. The van der Waals surface area contributed by atoms with Gasteiger partial charge in [0, 0.05) is 17.2 Å². The standard InChI is InChI=1S/C24H21NO5/c1-15-3-5-17(6-4-15)24(27)25-20-14-22-21(29-11-12-30-22)13-19(20)23(26)16-7-9-18(28-2)10-8-16/h3-10,13-14H,11-12H2,1-2H3,(H,25,27). The molecule has 152 valence electrons. The number of ketones is 1. The van der Waals surface area contributed by atoms with E-state index in [4.69, 9.17) is 14.2 Å². The number of hydrogen-bond acceptors (Lipinski definition) is 5. The van der Waals surface area contributed by atoms with Crippen LogP contribution in [0.3, 0.4) is 0 Å². The van der Waals surface area contributed by atoms with E-state index in [1.165, 1.54) is 0 Å². The molecule has 1 aliphatic rings. The molecule has 0 unspecified atom stereocenters. The molecule has 0 atom stereocenters. The van der Waals surface area contributed by atoms with Crippen LogP contribution >= 0.6 is 0 Å². The van der Waals surface area contributed by atoms with Crippen molar-refractivity contribution in [2.45, 2.75) is 6.92 Å². The van der Waals surface area contributed by atoms with Crippen molar-refractivity contribution in [3.05, 3.63) is 82.9 Å². The van der Waals surface area contributed by atoms with Gasteiger partial charge in [-0.2, -0.15) is 0 Å². The van der Waals surface area contributed by atoms with Crippen LogP contribution in [0.25, 0.3) is 0 Å². The molecule has 0 spiro atoms. The van der Waals surface area contributed by atoms with Gasteiger partial charge in [-0.15, -0.1) is 0 Å². The molecule has 0 saturated carbocycles. The number of benzene rings is 3. The highest BCUT2D eigenvalue weighted by Gasteiger charge is 2.22. The van der Waals surface area contributed by atoms with E-state index in [0.717, 1.165) is 5.56 Å². The maximum atomic E-state index is 13.2. The zero-order valence-electron chi connectivity index (χ0n) is 16.7. The van der Waals surface area contributed by atoms with E-state index in [1.807, 2.05) is 19.1 Å². The molecular weight excluding hydrogens is 382 g/mol. The molecule has 6 nitrogen and oxygen atoms in total. The SMILES string of the molecule is COc1ccc(C(=O)c2cc3c(cc2NC(=O)c2ccc(C)cc2)OCCO3)cc1. The molecule has 30 heavy (non-hydrogen) atoms. The van der Waals surface area contributed by atoms with Crippen LogP contribution in [0.4, 0.5) is 5.69 Å². The van der Waals surface area contributed by atoms with E-state index in [2.05, 4.69) is 5.32 Å². The van der Waals surface area contributed by atoms with E-state index in [-0.39, 0.29) is 11.7 Å². The van der Waals surface area contributed by atoms with Gasteiger partial charge in [0.1, 0.15) is 19.0 Å². The Morgan fingerprint density at radius 1 is 0.867 bits per heavy atom. The summed E-state index contributed by atoms with van der Waals surface area (Å²) < 4.78 is 16.4. The van der Waals surface area contributed by atoms with Gasteiger partial charge in [0.05, 0.1) is 18.4 Å². The van der Waals surface area contributed by atoms with Gasteiger partial charge >= 0.3 is 0 Å². The highest BCUT2D eigenvalue weighted by Crippen LogP contribution is 2.37. The Bertz CT molecular complexity index is 1090. The molecule has 0 radical (unpaired) electrons. The monoisotopic (exact) mass is 403 g/mol. The number of methoxy groups -OCH3 is 1. The molecule has 0 fully saturated rings. The number of amides is 1. The number of nitrogens with one attached hydrogen (secondary N) is 1. The Morgan fingerprint density at radius 3 is 2.10 bits per heavy atom. The van der Waals surface area contributed by atoms with E-state index < -0.39 is 0 Å². The molecule has 1 amide bonds. The number of rotatable bonds is 5. The van der Waals surface area contributed by atoms with Crippen molar-refractivity contribution in [3.63, 3.8) is 0 Å². The summed E-state index contributed by atoms with van der Waals surface area (Å²) in [6, 6.07) is 17.3. The largest absolute Gasteiger partial charge is 0.497 e. The lowest BCUT2D eigenvalue weighted by Crippen LogP contribution is -2.19. The molecule has 1 aliphatic heterocycles. The van der Waals surface area contributed by atoms with Crippen LogP contribution in [0.5, 0.6) is 17.2 Å². The van der Waals surface area contributed by atoms with Crippen LogP contribution in [-0.2, 0) is 0 Å². The Balaban J connectivity index is 1.71. The number of carbonyl (C=O) groups is 2. The fraction of sp³-hybridized carbons (Fsp3) is 0.167. The van der Waals surface area contributed by atoms with Crippen molar-refractivity contribution in [2.24, 2.45) is 0 Å². The predicted octanol–water partition coefficient (Wildman–Crippen LogP) is 4.26. The Labute approximate surface area is 174 Å². The van der Waals surface area contributed by atoms with Gasteiger partial charge in [-0.1, -0.05) is 17.7 Å². The van der Waals surface area contributed by atoms with Gasteiger partial charge in [0.2, 0.25) is 0 Å². The number of hydrogen-bond donors (Lipinski definition) is 1. The van der Waals surface area contributed by atoms with Gasteiger partial charge in [0.25, 0.3) is 5.91 Å². The van der Waals surface area contributed by atoms with Crippen molar-refractivity contribution >= 4 is 17.4 Å². The first-order valence-electron chi connectivity index (χ1n) is 9.55. The topological polar surface area (TPSA) is 73.9 Å². The molecule has 6 heteroatoms. The van der Waals surface area contributed by atoms with Crippen LogP contribution in [0.15, 0.2) is 60.7 Å². The lowest BCUT2D eigenvalue weighted by atomic mass is 10.00. The average Bonchev–Trinajstić information content (AvgIpc) is 2.78. The van der Waals surface area contributed by atoms with Crippen molar-refractivity contribution in [1.29, 1.82) is 0 Å². The number of ether oxygens (including phenoxy) is 3. The normalized spacial score (nSPS) is 12.2. The first kappa shape index (κ1) is 19.5. The van der Waals surface area contributed by atoms with Gasteiger partial charge in [-0.3, -0.25) is 9.59 Å². The highest BCUT2D eigenvalue weighted by molar-refractivity contribution is 6.15. The van der Waals surface area contributed by atoms with Crippen molar-refractivity contribution in [1.82, 2.24) is 0 Å². The molecule has 0 bridgehead atoms. The number of carbonyl (C=O) groups excluding carboxylic acids is 2. The Hall–Kier alpha value is -3.80. The third-order valence-corrected chi connectivity index (χ3v) is 4.84. The average molecular weight is 403 g/mol. The van der Waals surface area contributed by atoms with E-state index in [0.29, 0.717) is 52.8 Å². The summed E-state index contributed by atoms with van der Waals surface area (Å²) in [5.41, 5.74) is 2.72. The van der Waals surface area contributed by atoms with Crippen molar-refractivity contribution in [3.8, 4) is 17.2 Å². The molecule has 4 rings (SSSR count). The van der Waals surface area contributed by atoms with Crippen LogP contribution in [0.2, 0.25) is 0 Å². The third-order valence-electron chi connectivity index (χ3n) is 4.84. The summed E-state index contributed by atoms with van der Waals surface area (Å²) in [4.78, 5) is 26.0. The lowest BCUT2D eigenvalue weighted by Gasteiger charge is -2.21. The molecule has 1 heterocycles. The first-order valence-corrected chi connectivity index (χ1v) is 9.55. The molecule has 0 aliphatic carbocycles. The van der Waals surface area contributed by atoms with Crippen LogP contribution in [-0.4, -0.2) is 32.0 Å². The van der Waals surface area contributed by atoms with Crippen molar-refractivity contribution in [2.75, 3.05) is 25.6 Å². The predicted molar refractivity (Wildman–Crippen MR) is 113 cm³/mol. The second-order valence-electron chi connectivity index (χ2n) is 6.92. The number of anilines is 1. The van der Waals surface area contributed by atoms with Gasteiger partial charge in [-0.05, 0) is 49.4 Å². The highest BCUT2D eigenvalue weighted by atomic mass is 16.6. The minimum absolute atomic E-state index is 0.242. The van der Waals surface area contributed by atoms with E-state index >= 15 is 0 Å².